The molecule has 1 aromatic rings. The van der Waals surface area contributed by atoms with Gasteiger partial charge in [0.2, 0.25) is 0 Å². The molecule has 0 aromatic heterocycles. The average molecular weight is 205 g/mol. The number of halogens is 1. The van der Waals surface area contributed by atoms with Crippen molar-refractivity contribution in [2.24, 2.45) is 0 Å². The quantitative estimate of drug-likeness (QED) is 0.575. The van der Waals surface area contributed by atoms with Gasteiger partial charge in [0.1, 0.15) is 5.82 Å². The molecule has 0 bridgehead atoms. The summed E-state index contributed by atoms with van der Waals surface area (Å²) in [5, 5.41) is 3.29. The zero-order valence-electron chi connectivity index (χ0n) is 8.96. The molecule has 0 heterocycles. The lowest BCUT2D eigenvalue weighted by molar-refractivity contribution is 0.551. The maximum Gasteiger partial charge on any atom is 0.123 e. The third-order valence-corrected chi connectivity index (χ3v) is 2.19. The molecule has 0 saturated carbocycles. The van der Waals surface area contributed by atoms with Crippen molar-refractivity contribution in [3.05, 3.63) is 35.6 Å². The lowest BCUT2D eigenvalue weighted by Crippen LogP contribution is -2.28. The van der Waals surface area contributed by atoms with E-state index >= 15 is 0 Å². The van der Waals surface area contributed by atoms with Crippen LogP contribution in [0.5, 0.6) is 0 Å². The van der Waals surface area contributed by atoms with Gasteiger partial charge in [0.05, 0.1) is 0 Å². The fraction of sp³-hybridized carbons (Fsp3) is 0.385. The number of hydrogen-bond donors (Lipinski definition) is 1. The van der Waals surface area contributed by atoms with Crippen molar-refractivity contribution in [3.8, 4) is 12.3 Å². The molecule has 0 aliphatic rings. The molecule has 0 spiro atoms. The van der Waals surface area contributed by atoms with Gasteiger partial charge in [0.25, 0.3) is 0 Å². The van der Waals surface area contributed by atoms with Crippen LogP contribution in [0.4, 0.5) is 4.39 Å². The predicted molar refractivity (Wildman–Crippen MR) is 61.0 cm³/mol. The normalized spacial score (nSPS) is 12.1. The summed E-state index contributed by atoms with van der Waals surface area (Å²) in [4.78, 5) is 0. The van der Waals surface area contributed by atoms with Gasteiger partial charge in [-0.25, -0.2) is 4.39 Å². The van der Waals surface area contributed by atoms with Crippen molar-refractivity contribution in [3.63, 3.8) is 0 Å². The highest BCUT2D eigenvalue weighted by Gasteiger charge is 2.02. The number of benzene rings is 1. The lowest BCUT2D eigenvalue weighted by atomic mass is 10.1. The number of nitrogens with one attached hydrogen (secondary N) is 1. The molecule has 2 heteroatoms. The molecule has 0 aliphatic heterocycles. The average Bonchev–Trinajstić information content (AvgIpc) is 2.18. The molecule has 1 rings (SSSR count). The number of hydrogen-bond acceptors (Lipinski definition) is 1. The van der Waals surface area contributed by atoms with Crippen LogP contribution in [0.25, 0.3) is 0 Å². The van der Waals surface area contributed by atoms with E-state index in [1.807, 2.05) is 6.07 Å². The van der Waals surface area contributed by atoms with Gasteiger partial charge in [-0.3, -0.25) is 0 Å². The number of rotatable bonds is 5. The van der Waals surface area contributed by atoms with E-state index < -0.39 is 0 Å². The minimum absolute atomic E-state index is 0.177. The maximum absolute atomic E-state index is 12.9. The van der Waals surface area contributed by atoms with Crippen molar-refractivity contribution in [1.29, 1.82) is 0 Å². The van der Waals surface area contributed by atoms with Crippen LogP contribution >= 0.6 is 0 Å². The first-order valence-electron chi connectivity index (χ1n) is 5.13. The lowest BCUT2D eigenvalue weighted by Gasteiger charge is -2.12. The molecule has 0 saturated heterocycles. The highest BCUT2D eigenvalue weighted by molar-refractivity contribution is 5.17. The van der Waals surface area contributed by atoms with E-state index in [4.69, 9.17) is 6.42 Å². The summed E-state index contributed by atoms with van der Waals surface area (Å²) in [7, 11) is 0. The Morgan fingerprint density at radius 3 is 3.00 bits per heavy atom. The van der Waals surface area contributed by atoms with E-state index in [2.05, 4.69) is 18.2 Å². The molecular formula is C13H16FN. The standard InChI is InChI=1S/C13H16FN/c1-3-4-8-15-11(2)9-12-6-5-7-13(14)10-12/h1,5-7,10-11,15H,4,8-9H2,2H3. The summed E-state index contributed by atoms with van der Waals surface area (Å²) in [5.74, 6) is 2.40. The largest absolute Gasteiger partial charge is 0.313 e. The molecule has 1 N–H and O–H groups in total. The fourth-order valence-corrected chi connectivity index (χ4v) is 1.48. The molecule has 1 unspecified atom stereocenters. The third-order valence-electron chi connectivity index (χ3n) is 2.19. The Morgan fingerprint density at radius 2 is 2.33 bits per heavy atom. The second kappa shape index (κ2) is 6.21. The van der Waals surface area contributed by atoms with E-state index in [9.17, 15) is 4.39 Å². The van der Waals surface area contributed by atoms with Gasteiger partial charge in [0, 0.05) is 19.0 Å². The molecule has 1 aromatic carbocycles. The molecule has 15 heavy (non-hydrogen) atoms. The van der Waals surface area contributed by atoms with Crippen molar-refractivity contribution in [1.82, 2.24) is 5.32 Å². The van der Waals surface area contributed by atoms with E-state index in [1.165, 1.54) is 6.07 Å². The first-order valence-corrected chi connectivity index (χ1v) is 5.13. The second-order valence-corrected chi connectivity index (χ2v) is 3.64. The Hall–Kier alpha value is -1.33. The molecule has 1 nitrogen and oxygen atoms in total. The van der Waals surface area contributed by atoms with Crippen LogP contribution < -0.4 is 5.32 Å². The molecule has 1 atom stereocenters. The SMILES string of the molecule is C#CCCNC(C)Cc1cccc(F)c1. The highest BCUT2D eigenvalue weighted by atomic mass is 19.1. The topological polar surface area (TPSA) is 12.0 Å². The fourth-order valence-electron chi connectivity index (χ4n) is 1.48. The summed E-state index contributed by atoms with van der Waals surface area (Å²) in [6.45, 7) is 2.88. The van der Waals surface area contributed by atoms with Crippen molar-refractivity contribution in [2.75, 3.05) is 6.54 Å². The summed E-state index contributed by atoms with van der Waals surface area (Å²) in [5.41, 5.74) is 1.01. The number of terminal acetylenes is 1. The molecule has 0 aliphatic carbocycles. The van der Waals surface area contributed by atoms with Gasteiger partial charge in [-0.05, 0) is 31.0 Å². The molecule has 0 fully saturated rings. The van der Waals surface area contributed by atoms with Crippen LogP contribution in [-0.2, 0) is 6.42 Å². The van der Waals surface area contributed by atoms with E-state index in [0.717, 1.165) is 24.9 Å². The highest BCUT2D eigenvalue weighted by Crippen LogP contribution is 2.06. The Labute approximate surface area is 90.7 Å². The van der Waals surface area contributed by atoms with Gasteiger partial charge in [0.15, 0.2) is 0 Å². The van der Waals surface area contributed by atoms with Gasteiger partial charge in [-0.1, -0.05) is 12.1 Å². The molecule has 80 valence electrons. The maximum atomic E-state index is 12.9. The Balaban J connectivity index is 2.38. The molecular weight excluding hydrogens is 189 g/mol. The van der Waals surface area contributed by atoms with Crippen LogP contribution in [0, 0.1) is 18.2 Å². The van der Waals surface area contributed by atoms with Gasteiger partial charge < -0.3 is 5.32 Å². The summed E-state index contributed by atoms with van der Waals surface area (Å²) >= 11 is 0. The monoisotopic (exact) mass is 205 g/mol. The van der Waals surface area contributed by atoms with Gasteiger partial charge >= 0.3 is 0 Å². The minimum atomic E-state index is -0.177. The van der Waals surface area contributed by atoms with E-state index in [0.29, 0.717) is 6.04 Å². The summed E-state index contributed by atoms with van der Waals surface area (Å²) in [6.07, 6.45) is 6.70. The first-order chi connectivity index (χ1) is 7.22. The van der Waals surface area contributed by atoms with Crippen molar-refractivity contribution < 1.29 is 4.39 Å². The van der Waals surface area contributed by atoms with Crippen LogP contribution in [-0.4, -0.2) is 12.6 Å². The van der Waals surface area contributed by atoms with Gasteiger partial charge in [-0.15, -0.1) is 12.3 Å². The van der Waals surface area contributed by atoms with Gasteiger partial charge in [-0.2, -0.15) is 0 Å². The van der Waals surface area contributed by atoms with Crippen LogP contribution in [0.15, 0.2) is 24.3 Å². The van der Waals surface area contributed by atoms with Crippen molar-refractivity contribution in [2.45, 2.75) is 25.8 Å². The van der Waals surface area contributed by atoms with E-state index in [-0.39, 0.29) is 5.82 Å². The predicted octanol–water partition coefficient (Wildman–Crippen LogP) is 2.37. The van der Waals surface area contributed by atoms with Crippen LogP contribution in [0.3, 0.4) is 0 Å². The smallest absolute Gasteiger partial charge is 0.123 e. The zero-order valence-corrected chi connectivity index (χ0v) is 8.96. The van der Waals surface area contributed by atoms with E-state index in [1.54, 1.807) is 12.1 Å². The van der Waals surface area contributed by atoms with Crippen LogP contribution in [0.2, 0.25) is 0 Å². The molecule has 0 amide bonds. The Kier molecular flexibility index (Phi) is 4.86. The third kappa shape index (κ3) is 4.62. The zero-order chi connectivity index (χ0) is 11.1. The summed E-state index contributed by atoms with van der Waals surface area (Å²) < 4.78 is 12.9. The van der Waals surface area contributed by atoms with Crippen molar-refractivity contribution >= 4 is 0 Å². The Morgan fingerprint density at radius 1 is 1.53 bits per heavy atom. The molecule has 0 radical (unpaired) electrons. The second-order valence-electron chi connectivity index (χ2n) is 3.64. The minimum Gasteiger partial charge on any atom is -0.313 e. The first kappa shape index (κ1) is 11.7. The Bertz CT molecular complexity index is 341. The summed E-state index contributed by atoms with van der Waals surface area (Å²) in [6, 6.07) is 7.01. The van der Waals surface area contributed by atoms with Crippen LogP contribution in [0.1, 0.15) is 18.9 Å².